The van der Waals surface area contributed by atoms with Gasteiger partial charge >= 0.3 is 50.5 Å². The number of nitro groups is 1. The Morgan fingerprint density at radius 1 is 1.36 bits per heavy atom. The predicted molar refractivity (Wildman–Crippen MR) is 70.6 cm³/mol. The van der Waals surface area contributed by atoms with Crippen molar-refractivity contribution in [2.24, 2.45) is 0 Å². The Balaban J connectivity index is 0.000000500. The summed E-state index contributed by atoms with van der Waals surface area (Å²) < 4.78 is 0. The Morgan fingerprint density at radius 3 is 2.21 bits per heavy atom. The molecule has 0 aliphatic carbocycles. The Hall–Kier alpha value is 0.810. The number of halogens is 3. The molecule has 0 aliphatic heterocycles. The summed E-state index contributed by atoms with van der Waals surface area (Å²) >= 11 is 5.30. The molecule has 14 heavy (non-hydrogen) atoms. The van der Waals surface area contributed by atoms with Crippen LogP contribution in [0.5, 0.6) is 0 Å². The average Bonchev–Trinajstić information content (AvgIpc) is 2.10. The van der Waals surface area contributed by atoms with Gasteiger partial charge in [-0.2, -0.15) is 0 Å². The molecule has 0 radical (unpaired) electrons. The quantitative estimate of drug-likeness (QED) is 0.308. The molecule has 1 aromatic carbocycles. The van der Waals surface area contributed by atoms with Crippen LogP contribution in [-0.2, 0) is 0 Å². The fourth-order valence-electron chi connectivity index (χ4n) is 0.916. The van der Waals surface area contributed by atoms with Gasteiger partial charge in [0.25, 0.3) is 5.69 Å². The summed E-state index contributed by atoms with van der Waals surface area (Å²) in [7, 11) is 0. The molecule has 0 amide bonds. The molecule has 0 heterocycles. The van der Waals surface area contributed by atoms with Gasteiger partial charge in [0.05, 0.1) is 4.92 Å². The molecule has 0 saturated heterocycles. The minimum absolute atomic E-state index is 0.199. The van der Waals surface area contributed by atoms with Crippen molar-refractivity contribution in [3.05, 3.63) is 39.4 Å². The van der Waals surface area contributed by atoms with Gasteiger partial charge in [0.15, 0.2) is 0 Å². The van der Waals surface area contributed by atoms with Crippen molar-refractivity contribution in [3.63, 3.8) is 0 Å². The van der Waals surface area contributed by atoms with E-state index in [4.69, 9.17) is 0 Å². The first-order chi connectivity index (χ1) is 6.52. The van der Waals surface area contributed by atoms with Crippen LogP contribution in [0.15, 0.2) is 18.2 Å². The van der Waals surface area contributed by atoms with Gasteiger partial charge in [-0.15, -0.1) is 0 Å². The van der Waals surface area contributed by atoms with Gasteiger partial charge in [-0.1, -0.05) is 12.1 Å². The molecular formula is C8H9I3NO2-. The van der Waals surface area contributed by atoms with E-state index >= 15 is 0 Å². The van der Waals surface area contributed by atoms with Crippen molar-refractivity contribution >= 4 is 42.9 Å². The maximum absolute atomic E-state index is 10.4. The van der Waals surface area contributed by atoms with Crippen molar-refractivity contribution < 1.29 is 18.2 Å². The minimum atomic E-state index is -0.359. The topological polar surface area (TPSA) is 43.1 Å². The van der Waals surface area contributed by atoms with E-state index in [9.17, 15) is 10.1 Å². The van der Waals surface area contributed by atoms with Gasteiger partial charge < -0.3 is 0 Å². The Kier molecular flexibility index (Phi) is 8.48. The first-order valence-electron chi connectivity index (χ1n) is 3.61. The third-order valence-corrected chi connectivity index (χ3v) is 1.56. The molecular weight excluding hydrogens is 523 g/mol. The van der Waals surface area contributed by atoms with Crippen molar-refractivity contribution in [1.29, 1.82) is 0 Å². The normalized spacial score (nSPS) is 9.14. The van der Waals surface area contributed by atoms with E-state index in [0.29, 0.717) is 18.8 Å². The van der Waals surface area contributed by atoms with E-state index in [1.165, 1.54) is 0 Å². The van der Waals surface area contributed by atoms with Crippen molar-refractivity contribution in [2.75, 3.05) is 0 Å². The summed E-state index contributed by atoms with van der Waals surface area (Å²) in [6, 6.07) is 5.20. The van der Waals surface area contributed by atoms with Crippen LogP contribution in [0.25, 0.3) is 0 Å². The summed E-state index contributed by atoms with van der Waals surface area (Å²) in [5.74, 6) is 0. The van der Waals surface area contributed by atoms with E-state index in [2.05, 4.69) is 37.2 Å². The molecule has 0 unspecified atom stereocenters. The molecule has 80 valence electrons. The number of benzene rings is 1. The predicted octanol–water partition coefficient (Wildman–Crippen LogP) is 0.987. The van der Waals surface area contributed by atoms with Crippen molar-refractivity contribution in [2.45, 2.75) is 13.8 Å². The molecule has 6 heteroatoms. The molecule has 0 spiro atoms. The van der Waals surface area contributed by atoms with Crippen LogP contribution >= 0.6 is 37.2 Å². The third-order valence-electron chi connectivity index (χ3n) is 1.56. The fraction of sp³-hybridized carbons (Fsp3) is 0.250. The Labute approximate surface area is 113 Å². The number of nitro benzene ring substituents is 1. The molecule has 0 N–H and O–H groups in total. The standard InChI is InChI=1S/C8H9NO2.I3/c1-6-3-4-7(2)8(5-6)9(10)11;1-3-2/h3-5H,1-2H3;/q;-1. The number of hydrogen-bond donors (Lipinski definition) is 0. The summed E-state index contributed by atoms with van der Waals surface area (Å²) in [4.78, 5) is 10.0. The van der Waals surface area contributed by atoms with Gasteiger partial charge in [0.1, 0.15) is 0 Å². The summed E-state index contributed by atoms with van der Waals surface area (Å²) in [6.45, 7) is 3.57. The molecule has 0 aliphatic rings. The second kappa shape index (κ2) is 8.02. The van der Waals surface area contributed by atoms with Gasteiger partial charge in [-0.05, 0) is 19.4 Å². The second-order valence-electron chi connectivity index (χ2n) is 2.60. The Morgan fingerprint density at radius 2 is 1.86 bits per heavy atom. The SMILES string of the molecule is Cc1ccc(C)c([N+](=O)[O-])c1.I[I-]I. The van der Waals surface area contributed by atoms with E-state index in [1.54, 1.807) is 19.1 Å². The van der Waals surface area contributed by atoms with Crippen LogP contribution in [0.3, 0.4) is 0 Å². The first kappa shape index (κ1) is 14.8. The van der Waals surface area contributed by atoms with Gasteiger partial charge in [0, 0.05) is 11.6 Å². The maximum atomic E-state index is 10.4. The van der Waals surface area contributed by atoms with E-state index in [1.807, 2.05) is 13.0 Å². The summed E-state index contributed by atoms with van der Waals surface area (Å²) in [6.07, 6.45) is 0. The van der Waals surface area contributed by atoms with Crippen LogP contribution in [0, 0.1) is 24.0 Å². The van der Waals surface area contributed by atoms with Gasteiger partial charge in [-0.3, -0.25) is 10.1 Å². The van der Waals surface area contributed by atoms with Gasteiger partial charge in [0.2, 0.25) is 0 Å². The third kappa shape index (κ3) is 5.63. The second-order valence-corrected chi connectivity index (χ2v) is 18.8. The molecule has 0 saturated carbocycles. The number of nitrogens with zero attached hydrogens (tertiary/aromatic N) is 1. The summed E-state index contributed by atoms with van der Waals surface area (Å²) in [5, 5.41) is 10.4. The zero-order chi connectivity index (χ0) is 11.1. The summed E-state index contributed by atoms with van der Waals surface area (Å²) in [5.41, 5.74) is 1.83. The van der Waals surface area contributed by atoms with Crippen LogP contribution in [0.2, 0.25) is 0 Å². The number of hydrogen-bond acceptors (Lipinski definition) is 2. The molecule has 0 aromatic heterocycles. The molecule has 1 aromatic rings. The molecule has 1 rings (SSSR count). The van der Waals surface area contributed by atoms with Crippen molar-refractivity contribution in [1.82, 2.24) is 0 Å². The van der Waals surface area contributed by atoms with E-state index in [0.717, 1.165) is 5.56 Å². The Bertz CT molecular complexity index is 317. The molecule has 0 atom stereocenters. The van der Waals surface area contributed by atoms with E-state index in [-0.39, 0.29) is 10.6 Å². The zero-order valence-corrected chi connectivity index (χ0v) is 14.1. The first-order valence-corrected chi connectivity index (χ1v) is 16.2. The monoisotopic (exact) mass is 532 g/mol. The molecule has 0 bridgehead atoms. The zero-order valence-electron chi connectivity index (χ0n) is 7.63. The van der Waals surface area contributed by atoms with Crippen LogP contribution in [0.1, 0.15) is 11.1 Å². The van der Waals surface area contributed by atoms with Crippen molar-refractivity contribution in [3.8, 4) is 0 Å². The number of rotatable bonds is 1. The molecule has 0 fully saturated rings. The van der Waals surface area contributed by atoms with Crippen LogP contribution in [-0.4, -0.2) is 4.92 Å². The number of aryl methyl sites for hydroxylation is 2. The van der Waals surface area contributed by atoms with Crippen LogP contribution in [0.4, 0.5) is 5.69 Å². The van der Waals surface area contributed by atoms with E-state index < -0.39 is 0 Å². The average molecular weight is 532 g/mol. The molecule has 3 nitrogen and oxygen atoms in total. The van der Waals surface area contributed by atoms with Crippen LogP contribution < -0.4 is 13.3 Å². The fourth-order valence-corrected chi connectivity index (χ4v) is 0.916. The van der Waals surface area contributed by atoms with Gasteiger partial charge in [-0.25, -0.2) is 0 Å².